The second-order valence-corrected chi connectivity index (χ2v) is 7.18. The summed E-state index contributed by atoms with van der Waals surface area (Å²) in [4.78, 5) is 25.6. The van der Waals surface area contributed by atoms with E-state index in [2.05, 4.69) is 15.8 Å². The molecule has 0 saturated heterocycles. The van der Waals surface area contributed by atoms with Gasteiger partial charge < -0.3 is 19.9 Å². The van der Waals surface area contributed by atoms with Gasteiger partial charge in [-0.25, -0.2) is 5.43 Å². The molecule has 0 fully saturated rings. The third-order valence-corrected chi connectivity index (χ3v) is 4.85. The number of fused-ring (bicyclic) bond motifs is 1. The summed E-state index contributed by atoms with van der Waals surface area (Å²) in [6.07, 6.45) is 1.53. The number of hydrogen-bond acceptors (Lipinski definition) is 6. The molecule has 4 rings (SSSR count). The third kappa shape index (κ3) is 5.37. The molecule has 0 spiro atoms. The highest BCUT2D eigenvalue weighted by Gasteiger charge is 2.17. The highest BCUT2D eigenvalue weighted by atomic mass is 16.7. The Labute approximate surface area is 190 Å². The fraction of sp³-hybridized carbons (Fsp3) is 0.0800. The van der Waals surface area contributed by atoms with Crippen LogP contribution in [0.5, 0.6) is 17.2 Å². The Morgan fingerprint density at radius 1 is 0.939 bits per heavy atom. The minimum absolute atomic E-state index is 0.00461. The number of aromatic hydroxyl groups is 1. The first kappa shape index (κ1) is 21.6. The van der Waals surface area contributed by atoms with Crippen molar-refractivity contribution in [3.8, 4) is 17.2 Å². The average molecular weight is 443 g/mol. The summed E-state index contributed by atoms with van der Waals surface area (Å²) >= 11 is 0. The maximum absolute atomic E-state index is 12.9. The van der Waals surface area contributed by atoms with Gasteiger partial charge in [-0.1, -0.05) is 24.3 Å². The van der Waals surface area contributed by atoms with Crippen LogP contribution in [-0.2, 0) is 4.79 Å². The number of phenols is 1. The standard InChI is InChI=1S/C25H21N3O5/c1-16(18-8-10-20(29)11-9-18)27-28-25(31)21(26-24(30)19-5-3-2-4-6-19)13-17-7-12-22-23(14-17)33-15-32-22/h2-14,29H,15H2,1H3,(H,26,30)(H,28,31)/b21-13-,27-16-. The molecule has 33 heavy (non-hydrogen) atoms. The quantitative estimate of drug-likeness (QED) is 0.307. The van der Waals surface area contributed by atoms with E-state index in [0.29, 0.717) is 28.3 Å². The van der Waals surface area contributed by atoms with Gasteiger partial charge in [-0.2, -0.15) is 5.10 Å². The fourth-order valence-electron chi connectivity index (χ4n) is 3.07. The molecular formula is C25H21N3O5. The summed E-state index contributed by atoms with van der Waals surface area (Å²) < 4.78 is 10.7. The van der Waals surface area contributed by atoms with E-state index >= 15 is 0 Å². The van der Waals surface area contributed by atoms with Crippen molar-refractivity contribution in [1.82, 2.24) is 10.7 Å². The topological polar surface area (TPSA) is 109 Å². The molecule has 3 N–H and O–H groups in total. The molecule has 3 aromatic carbocycles. The van der Waals surface area contributed by atoms with Crippen LogP contribution in [-0.4, -0.2) is 29.4 Å². The molecule has 0 radical (unpaired) electrons. The molecule has 0 saturated carbocycles. The summed E-state index contributed by atoms with van der Waals surface area (Å²) in [5.41, 5.74) is 4.77. The van der Waals surface area contributed by atoms with Gasteiger partial charge in [-0.15, -0.1) is 0 Å². The van der Waals surface area contributed by atoms with E-state index in [4.69, 9.17) is 9.47 Å². The first-order chi connectivity index (χ1) is 16.0. The van der Waals surface area contributed by atoms with E-state index in [1.807, 2.05) is 0 Å². The minimum atomic E-state index is -0.602. The lowest BCUT2D eigenvalue weighted by Gasteiger charge is -2.10. The highest BCUT2D eigenvalue weighted by Crippen LogP contribution is 2.33. The number of nitrogens with zero attached hydrogens (tertiary/aromatic N) is 1. The molecule has 0 atom stereocenters. The van der Waals surface area contributed by atoms with Crippen LogP contribution in [0.25, 0.3) is 6.08 Å². The van der Waals surface area contributed by atoms with E-state index in [-0.39, 0.29) is 18.2 Å². The summed E-state index contributed by atoms with van der Waals surface area (Å²) in [5, 5.41) is 16.2. The number of rotatable bonds is 6. The highest BCUT2D eigenvalue weighted by molar-refractivity contribution is 6.06. The zero-order valence-corrected chi connectivity index (χ0v) is 17.7. The van der Waals surface area contributed by atoms with Gasteiger partial charge in [-0.05, 0) is 72.7 Å². The Hall–Kier alpha value is -4.59. The van der Waals surface area contributed by atoms with Gasteiger partial charge >= 0.3 is 0 Å². The summed E-state index contributed by atoms with van der Waals surface area (Å²) in [7, 11) is 0. The van der Waals surface area contributed by atoms with Crippen LogP contribution in [0.1, 0.15) is 28.4 Å². The van der Waals surface area contributed by atoms with Crippen LogP contribution in [0, 0.1) is 0 Å². The SMILES string of the molecule is C/C(=N/NC(=O)/C(=C/c1ccc2c(c1)OCO2)NC(=O)c1ccccc1)c1ccc(O)cc1. The second kappa shape index (κ2) is 9.69. The lowest BCUT2D eigenvalue weighted by Crippen LogP contribution is -2.33. The Kier molecular flexibility index (Phi) is 6.36. The van der Waals surface area contributed by atoms with Crippen LogP contribution in [0.4, 0.5) is 0 Å². The lowest BCUT2D eigenvalue weighted by atomic mass is 10.1. The number of carbonyl (C=O) groups is 2. The maximum Gasteiger partial charge on any atom is 0.287 e. The van der Waals surface area contributed by atoms with Gasteiger partial charge in [0.2, 0.25) is 6.79 Å². The van der Waals surface area contributed by atoms with Gasteiger partial charge in [0.1, 0.15) is 11.4 Å². The van der Waals surface area contributed by atoms with Crippen LogP contribution >= 0.6 is 0 Å². The number of ether oxygens (including phenoxy) is 2. The van der Waals surface area contributed by atoms with Gasteiger partial charge in [0.15, 0.2) is 11.5 Å². The van der Waals surface area contributed by atoms with E-state index in [9.17, 15) is 14.7 Å². The minimum Gasteiger partial charge on any atom is -0.508 e. The van der Waals surface area contributed by atoms with E-state index in [1.165, 1.54) is 18.2 Å². The average Bonchev–Trinajstić information content (AvgIpc) is 3.31. The summed E-state index contributed by atoms with van der Waals surface area (Å²) in [6.45, 7) is 1.85. The second-order valence-electron chi connectivity index (χ2n) is 7.18. The zero-order valence-electron chi connectivity index (χ0n) is 17.7. The molecule has 1 aliphatic heterocycles. The van der Waals surface area contributed by atoms with Gasteiger partial charge in [0.25, 0.3) is 11.8 Å². The molecule has 0 aliphatic carbocycles. The van der Waals surface area contributed by atoms with Crippen LogP contribution in [0.3, 0.4) is 0 Å². The van der Waals surface area contributed by atoms with Gasteiger partial charge in [-0.3, -0.25) is 9.59 Å². The van der Waals surface area contributed by atoms with Crippen molar-refractivity contribution >= 4 is 23.6 Å². The van der Waals surface area contributed by atoms with Crippen LogP contribution in [0.15, 0.2) is 83.6 Å². The van der Waals surface area contributed by atoms with Crippen molar-refractivity contribution in [2.75, 3.05) is 6.79 Å². The van der Waals surface area contributed by atoms with E-state index in [1.54, 1.807) is 67.6 Å². The molecule has 0 unspecified atom stereocenters. The van der Waals surface area contributed by atoms with Gasteiger partial charge in [0.05, 0.1) is 5.71 Å². The number of hydrazone groups is 1. The van der Waals surface area contributed by atoms with Crippen molar-refractivity contribution in [2.24, 2.45) is 5.10 Å². The van der Waals surface area contributed by atoms with E-state index in [0.717, 1.165) is 5.56 Å². The van der Waals surface area contributed by atoms with Crippen molar-refractivity contribution in [1.29, 1.82) is 0 Å². The van der Waals surface area contributed by atoms with E-state index < -0.39 is 11.8 Å². The normalized spacial score (nSPS) is 12.9. The predicted molar refractivity (Wildman–Crippen MR) is 123 cm³/mol. The number of amides is 2. The Balaban J connectivity index is 1.58. The molecule has 1 heterocycles. The van der Waals surface area contributed by atoms with Crippen molar-refractivity contribution in [2.45, 2.75) is 6.92 Å². The Bertz CT molecular complexity index is 1230. The molecule has 1 aliphatic rings. The molecule has 0 aromatic heterocycles. The van der Waals surface area contributed by atoms with Crippen molar-refractivity contribution in [3.05, 3.63) is 95.2 Å². The molecular weight excluding hydrogens is 422 g/mol. The van der Waals surface area contributed by atoms with Crippen LogP contribution in [0.2, 0.25) is 0 Å². The zero-order chi connectivity index (χ0) is 23.2. The number of hydrogen-bond donors (Lipinski definition) is 3. The Morgan fingerprint density at radius 3 is 2.42 bits per heavy atom. The summed E-state index contributed by atoms with van der Waals surface area (Å²) in [6, 6.07) is 20.2. The third-order valence-electron chi connectivity index (χ3n) is 4.85. The largest absolute Gasteiger partial charge is 0.508 e. The molecule has 2 amide bonds. The maximum atomic E-state index is 12.9. The molecule has 3 aromatic rings. The van der Waals surface area contributed by atoms with Crippen LogP contribution < -0.4 is 20.2 Å². The number of carbonyl (C=O) groups excluding carboxylic acids is 2. The first-order valence-electron chi connectivity index (χ1n) is 10.1. The molecule has 166 valence electrons. The summed E-state index contributed by atoms with van der Waals surface area (Å²) in [5.74, 6) is 0.264. The van der Waals surface area contributed by atoms with Crippen molar-refractivity contribution in [3.63, 3.8) is 0 Å². The molecule has 8 nitrogen and oxygen atoms in total. The number of benzene rings is 3. The Morgan fingerprint density at radius 2 is 1.67 bits per heavy atom. The van der Waals surface area contributed by atoms with Gasteiger partial charge in [0, 0.05) is 5.56 Å². The van der Waals surface area contributed by atoms with Crippen molar-refractivity contribution < 1.29 is 24.2 Å². The molecule has 8 heteroatoms. The monoisotopic (exact) mass is 443 g/mol. The number of nitrogens with one attached hydrogen (secondary N) is 2. The fourth-order valence-corrected chi connectivity index (χ4v) is 3.07. The number of phenolic OH excluding ortho intramolecular Hbond substituents is 1. The smallest absolute Gasteiger partial charge is 0.287 e. The lowest BCUT2D eigenvalue weighted by molar-refractivity contribution is -0.117. The molecule has 0 bridgehead atoms. The predicted octanol–water partition coefficient (Wildman–Crippen LogP) is 3.43. The first-order valence-corrected chi connectivity index (χ1v) is 10.1.